The van der Waals surface area contributed by atoms with Gasteiger partial charge < -0.3 is 9.47 Å². The van der Waals surface area contributed by atoms with E-state index in [1.165, 1.54) is 5.56 Å². The van der Waals surface area contributed by atoms with Crippen molar-refractivity contribution in [2.45, 2.75) is 57.6 Å². The number of fused-ring (bicyclic) bond motifs is 1. The molecule has 0 unspecified atom stereocenters. The number of methoxy groups -OCH3 is 2. The maximum atomic E-state index is 6.17. The van der Waals surface area contributed by atoms with Crippen molar-refractivity contribution in [1.29, 1.82) is 0 Å². The van der Waals surface area contributed by atoms with E-state index in [0.717, 1.165) is 24.3 Å². The van der Waals surface area contributed by atoms with Crippen molar-refractivity contribution in [2.24, 2.45) is 11.8 Å². The Bertz CT molecular complexity index is 593. The summed E-state index contributed by atoms with van der Waals surface area (Å²) in [5.41, 5.74) is 1.27. The lowest BCUT2D eigenvalue weighted by Crippen LogP contribution is -2.48. The van der Waals surface area contributed by atoms with Gasteiger partial charge in [-0.25, -0.2) is 0 Å². The summed E-state index contributed by atoms with van der Waals surface area (Å²) in [6, 6.07) is 6.77. The van der Waals surface area contributed by atoms with Crippen LogP contribution >= 0.6 is 0 Å². The Morgan fingerprint density at radius 1 is 1.04 bits per heavy atom. The van der Waals surface area contributed by atoms with Crippen LogP contribution in [0.5, 0.6) is 11.5 Å². The molecule has 3 rings (SSSR count). The summed E-state index contributed by atoms with van der Waals surface area (Å²) in [7, 11) is 5.51. The maximum absolute atomic E-state index is 6.17. The Labute approximate surface area is 146 Å². The molecule has 4 nitrogen and oxygen atoms in total. The molecule has 1 aliphatic carbocycles. The third kappa shape index (κ3) is 2.80. The first-order valence-corrected chi connectivity index (χ1v) is 8.86. The van der Waals surface area contributed by atoms with Gasteiger partial charge in [-0.15, -0.1) is 0 Å². The quantitative estimate of drug-likeness (QED) is 0.835. The number of hydrogen-bond donors (Lipinski definition) is 0. The first kappa shape index (κ1) is 17.6. The molecule has 1 aromatic rings. The van der Waals surface area contributed by atoms with Crippen LogP contribution in [0.2, 0.25) is 0 Å². The summed E-state index contributed by atoms with van der Waals surface area (Å²) in [5, 5.41) is 2.10. The molecule has 2 fully saturated rings. The Hall–Kier alpha value is -1.26. The van der Waals surface area contributed by atoms with Crippen molar-refractivity contribution in [1.82, 2.24) is 5.06 Å². The molecule has 0 amide bonds. The fraction of sp³-hybridized carbons (Fsp3) is 0.700. The molecule has 134 valence electrons. The first-order valence-electron chi connectivity index (χ1n) is 8.86. The van der Waals surface area contributed by atoms with Crippen LogP contribution in [0, 0.1) is 11.8 Å². The second-order valence-electron chi connectivity index (χ2n) is 8.39. The Morgan fingerprint density at radius 2 is 1.62 bits per heavy atom. The van der Waals surface area contributed by atoms with Crippen LogP contribution in [-0.2, 0) is 10.3 Å². The summed E-state index contributed by atoms with van der Waals surface area (Å²) in [4.78, 5) is 6.17. The van der Waals surface area contributed by atoms with E-state index in [-0.39, 0.29) is 11.0 Å². The number of hydroxylamine groups is 2. The molecule has 1 heterocycles. The SMILES string of the molecule is COc1cc(OC)cc([C@@]2(C)C[C@@H]3[C@@H]([C@@H](C)C2)N(C)OC3(C)C)c1. The topological polar surface area (TPSA) is 30.9 Å². The van der Waals surface area contributed by atoms with E-state index in [1.54, 1.807) is 14.2 Å². The number of benzene rings is 1. The molecule has 1 aliphatic heterocycles. The summed E-state index contributed by atoms with van der Waals surface area (Å²) in [6.45, 7) is 9.17. The largest absolute Gasteiger partial charge is 0.497 e. The Morgan fingerprint density at radius 3 is 2.17 bits per heavy atom. The monoisotopic (exact) mass is 333 g/mol. The minimum Gasteiger partial charge on any atom is -0.497 e. The zero-order valence-electron chi connectivity index (χ0n) is 16.1. The van der Waals surface area contributed by atoms with Gasteiger partial charge in [-0.05, 0) is 55.7 Å². The summed E-state index contributed by atoms with van der Waals surface area (Å²) in [6.07, 6.45) is 2.24. The fourth-order valence-corrected chi connectivity index (χ4v) is 5.08. The molecule has 0 bridgehead atoms. The van der Waals surface area contributed by atoms with E-state index in [2.05, 4.69) is 51.9 Å². The molecular weight excluding hydrogens is 302 g/mol. The van der Waals surface area contributed by atoms with Gasteiger partial charge >= 0.3 is 0 Å². The normalized spacial score (nSPS) is 35.5. The zero-order valence-corrected chi connectivity index (χ0v) is 16.1. The number of nitrogens with zero attached hydrogens (tertiary/aromatic N) is 1. The minimum atomic E-state index is -0.127. The molecule has 0 spiro atoms. The molecular formula is C20H31NO3. The van der Waals surface area contributed by atoms with Gasteiger partial charge in [0.2, 0.25) is 0 Å². The molecule has 2 aliphatic rings. The molecule has 4 heteroatoms. The van der Waals surface area contributed by atoms with Gasteiger partial charge in [0.05, 0.1) is 19.8 Å². The van der Waals surface area contributed by atoms with Crippen molar-refractivity contribution in [2.75, 3.05) is 21.3 Å². The van der Waals surface area contributed by atoms with Crippen LogP contribution in [-0.4, -0.2) is 38.0 Å². The smallest absolute Gasteiger partial charge is 0.122 e. The third-order valence-corrected chi connectivity index (χ3v) is 6.18. The van der Waals surface area contributed by atoms with Crippen molar-refractivity contribution in [3.05, 3.63) is 23.8 Å². The van der Waals surface area contributed by atoms with Crippen LogP contribution in [0.1, 0.15) is 46.1 Å². The highest BCUT2D eigenvalue weighted by Gasteiger charge is 2.55. The lowest BCUT2D eigenvalue weighted by Gasteiger charge is -2.46. The van der Waals surface area contributed by atoms with E-state index < -0.39 is 0 Å². The van der Waals surface area contributed by atoms with Crippen LogP contribution in [0.3, 0.4) is 0 Å². The molecule has 0 N–H and O–H groups in total. The number of rotatable bonds is 3. The average molecular weight is 333 g/mol. The summed E-state index contributed by atoms with van der Waals surface area (Å²) >= 11 is 0. The first-order chi connectivity index (χ1) is 11.2. The Kier molecular flexibility index (Phi) is 4.33. The van der Waals surface area contributed by atoms with Gasteiger partial charge in [0.15, 0.2) is 0 Å². The van der Waals surface area contributed by atoms with Crippen molar-refractivity contribution >= 4 is 0 Å². The van der Waals surface area contributed by atoms with Gasteiger partial charge in [-0.3, -0.25) is 4.84 Å². The van der Waals surface area contributed by atoms with E-state index in [9.17, 15) is 0 Å². The molecule has 0 radical (unpaired) electrons. The predicted octanol–water partition coefficient (Wildman–Crippen LogP) is 4.03. The maximum Gasteiger partial charge on any atom is 0.122 e. The highest BCUT2D eigenvalue weighted by atomic mass is 16.7. The molecule has 24 heavy (non-hydrogen) atoms. The van der Waals surface area contributed by atoms with Gasteiger partial charge in [0, 0.05) is 25.1 Å². The third-order valence-electron chi connectivity index (χ3n) is 6.18. The van der Waals surface area contributed by atoms with Crippen LogP contribution in [0.15, 0.2) is 18.2 Å². The standard InChI is InChI=1S/C20H31NO3/c1-13-11-20(4,12-17-18(13)21(5)24-19(17,2)3)14-8-15(22-6)10-16(9-14)23-7/h8-10,13,17-18H,11-12H2,1-7H3/t13-,17+,18+,20+/m0/s1. The van der Waals surface area contributed by atoms with Crippen LogP contribution < -0.4 is 9.47 Å². The molecule has 1 saturated carbocycles. The number of hydrogen-bond acceptors (Lipinski definition) is 4. The molecule has 1 aromatic carbocycles. The van der Waals surface area contributed by atoms with Crippen molar-refractivity contribution in [3.8, 4) is 11.5 Å². The van der Waals surface area contributed by atoms with Crippen LogP contribution in [0.25, 0.3) is 0 Å². The van der Waals surface area contributed by atoms with Gasteiger partial charge in [-0.1, -0.05) is 13.8 Å². The number of ether oxygens (including phenoxy) is 2. The molecule has 0 aromatic heterocycles. The summed E-state index contributed by atoms with van der Waals surface area (Å²) in [5.74, 6) is 2.80. The minimum absolute atomic E-state index is 0.0915. The van der Waals surface area contributed by atoms with E-state index in [0.29, 0.717) is 17.9 Å². The second-order valence-corrected chi connectivity index (χ2v) is 8.39. The highest BCUT2D eigenvalue weighted by molar-refractivity contribution is 5.42. The van der Waals surface area contributed by atoms with E-state index in [1.807, 2.05) is 6.07 Å². The van der Waals surface area contributed by atoms with E-state index >= 15 is 0 Å². The fourth-order valence-electron chi connectivity index (χ4n) is 5.08. The predicted molar refractivity (Wildman–Crippen MR) is 95.5 cm³/mol. The van der Waals surface area contributed by atoms with Gasteiger partial charge in [0.1, 0.15) is 11.5 Å². The summed E-state index contributed by atoms with van der Waals surface area (Å²) < 4.78 is 11.0. The average Bonchev–Trinajstić information content (AvgIpc) is 2.75. The zero-order chi connectivity index (χ0) is 17.7. The lowest BCUT2D eigenvalue weighted by atomic mass is 9.59. The molecule has 4 atom stereocenters. The van der Waals surface area contributed by atoms with Crippen molar-refractivity contribution < 1.29 is 14.3 Å². The van der Waals surface area contributed by atoms with Gasteiger partial charge in [-0.2, -0.15) is 5.06 Å². The van der Waals surface area contributed by atoms with Gasteiger partial charge in [0.25, 0.3) is 0 Å². The lowest BCUT2D eigenvalue weighted by molar-refractivity contribution is -0.182. The van der Waals surface area contributed by atoms with Crippen molar-refractivity contribution in [3.63, 3.8) is 0 Å². The second kappa shape index (κ2) is 5.92. The molecule has 1 saturated heterocycles. The van der Waals surface area contributed by atoms with Crippen LogP contribution in [0.4, 0.5) is 0 Å². The highest BCUT2D eigenvalue weighted by Crippen LogP contribution is 2.53. The Balaban J connectivity index is 1.99. The van der Waals surface area contributed by atoms with E-state index in [4.69, 9.17) is 14.3 Å².